The lowest BCUT2D eigenvalue weighted by molar-refractivity contribution is 0.101. The molecule has 0 radical (unpaired) electrons. The molecule has 1 N–H and O–H groups in total. The van der Waals surface area contributed by atoms with Gasteiger partial charge in [0.15, 0.2) is 5.78 Å². The van der Waals surface area contributed by atoms with Crippen LogP contribution in [0.2, 0.25) is 0 Å². The smallest absolute Gasteiger partial charge is 0.159 e. The Labute approximate surface area is 134 Å². The first-order valence-electron chi connectivity index (χ1n) is 7.26. The molecule has 0 saturated carbocycles. The van der Waals surface area contributed by atoms with Crippen LogP contribution >= 0.6 is 0 Å². The zero-order valence-electron chi connectivity index (χ0n) is 12.9. The van der Waals surface area contributed by atoms with Crippen LogP contribution in [0.5, 0.6) is 0 Å². The van der Waals surface area contributed by atoms with E-state index in [1.165, 1.54) is 6.92 Å². The third-order valence-electron chi connectivity index (χ3n) is 3.70. The molecule has 0 bridgehead atoms. The summed E-state index contributed by atoms with van der Waals surface area (Å²) in [6.07, 6.45) is 1.57. The van der Waals surface area contributed by atoms with E-state index in [-0.39, 0.29) is 5.78 Å². The van der Waals surface area contributed by atoms with Gasteiger partial charge >= 0.3 is 0 Å². The summed E-state index contributed by atoms with van der Waals surface area (Å²) < 4.78 is 0. The molecule has 0 aliphatic carbocycles. The number of aromatic nitrogens is 1. The standard InChI is InChI=1S/C19H15N3O/c1-12-3-8-18-17(9-12)19(15(10-20)11-21-18)22-16-6-4-14(5-7-16)13(2)23/h3-9,11H,1-2H3,(H,21,22). The van der Waals surface area contributed by atoms with Crippen LogP contribution in [0.4, 0.5) is 11.4 Å². The number of hydrogen-bond acceptors (Lipinski definition) is 4. The van der Waals surface area contributed by atoms with Crippen LogP contribution in [0, 0.1) is 18.3 Å². The van der Waals surface area contributed by atoms with Crippen molar-refractivity contribution < 1.29 is 4.79 Å². The molecule has 0 unspecified atom stereocenters. The van der Waals surface area contributed by atoms with Gasteiger partial charge in [0.05, 0.1) is 16.8 Å². The lowest BCUT2D eigenvalue weighted by atomic mass is 10.1. The van der Waals surface area contributed by atoms with Crippen molar-refractivity contribution in [3.63, 3.8) is 0 Å². The molecule has 1 aromatic heterocycles. The van der Waals surface area contributed by atoms with Crippen molar-refractivity contribution in [1.82, 2.24) is 4.98 Å². The van der Waals surface area contributed by atoms with Gasteiger partial charge in [-0.25, -0.2) is 0 Å². The van der Waals surface area contributed by atoms with E-state index < -0.39 is 0 Å². The molecule has 3 rings (SSSR count). The normalized spacial score (nSPS) is 10.3. The first-order chi connectivity index (χ1) is 11.1. The van der Waals surface area contributed by atoms with Crippen molar-refractivity contribution in [1.29, 1.82) is 5.26 Å². The summed E-state index contributed by atoms with van der Waals surface area (Å²) in [7, 11) is 0. The van der Waals surface area contributed by atoms with E-state index in [1.807, 2.05) is 37.3 Å². The molecule has 112 valence electrons. The molecule has 3 aromatic rings. The van der Waals surface area contributed by atoms with Crippen molar-refractivity contribution in [2.24, 2.45) is 0 Å². The molecule has 0 spiro atoms. The van der Waals surface area contributed by atoms with Crippen LogP contribution in [0.1, 0.15) is 28.4 Å². The van der Waals surface area contributed by atoms with E-state index in [2.05, 4.69) is 16.4 Å². The molecule has 0 atom stereocenters. The Bertz CT molecular complexity index is 937. The van der Waals surface area contributed by atoms with Crippen LogP contribution in [0.3, 0.4) is 0 Å². The number of pyridine rings is 1. The molecule has 0 aliphatic rings. The number of nitrogens with one attached hydrogen (secondary N) is 1. The molecule has 0 saturated heterocycles. The zero-order chi connectivity index (χ0) is 16.4. The number of carbonyl (C=O) groups is 1. The fourth-order valence-electron chi connectivity index (χ4n) is 2.46. The van der Waals surface area contributed by atoms with Gasteiger partial charge in [-0.15, -0.1) is 0 Å². The predicted molar refractivity (Wildman–Crippen MR) is 90.9 cm³/mol. The van der Waals surface area contributed by atoms with Crippen molar-refractivity contribution >= 4 is 28.1 Å². The number of nitrogens with zero attached hydrogens (tertiary/aromatic N) is 2. The second-order valence-electron chi connectivity index (χ2n) is 5.44. The van der Waals surface area contributed by atoms with Crippen LogP contribution < -0.4 is 5.32 Å². The largest absolute Gasteiger partial charge is 0.354 e. The lowest BCUT2D eigenvalue weighted by Crippen LogP contribution is -1.98. The van der Waals surface area contributed by atoms with Crippen LogP contribution in [-0.4, -0.2) is 10.8 Å². The monoisotopic (exact) mass is 301 g/mol. The number of ketones is 1. The van der Waals surface area contributed by atoms with E-state index in [9.17, 15) is 10.1 Å². The van der Waals surface area contributed by atoms with Crippen LogP contribution in [0.25, 0.3) is 10.9 Å². The number of aryl methyl sites for hydroxylation is 1. The second-order valence-corrected chi connectivity index (χ2v) is 5.44. The SMILES string of the molecule is CC(=O)c1ccc(Nc2c(C#N)cnc3ccc(C)cc23)cc1. The Balaban J connectivity index is 2.09. The molecule has 4 heteroatoms. The van der Waals surface area contributed by atoms with Gasteiger partial charge in [-0.1, -0.05) is 11.6 Å². The third-order valence-corrected chi connectivity index (χ3v) is 3.70. The van der Waals surface area contributed by atoms with E-state index in [0.717, 1.165) is 27.8 Å². The molecule has 4 nitrogen and oxygen atoms in total. The van der Waals surface area contributed by atoms with Gasteiger partial charge in [0.25, 0.3) is 0 Å². The van der Waals surface area contributed by atoms with Crippen LogP contribution in [0.15, 0.2) is 48.7 Å². The van der Waals surface area contributed by atoms with Gasteiger partial charge in [0.2, 0.25) is 0 Å². The van der Waals surface area contributed by atoms with E-state index in [1.54, 1.807) is 18.3 Å². The number of hydrogen-bond donors (Lipinski definition) is 1. The summed E-state index contributed by atoms with van der Waals surface area (Å²) in [5.41, 5.74) is 4.63. The minimum Gasteiger partial charge on any atom is -0.354 e. The Morgan fingerprint density at radius 1 is 1.17 bits per heavy atom. The Morgan fingerprint density at radius 3 is 2.57 bits per heavy atom. The maximum absolute atomic E-state index is 11.4. The number of anilines is 2. The number of carbonyl (C=O) groups excluding carboxylic acids is 1. The predicted octanol–water partition coefficient (Wildman–Crippen LogP) is 4.36. The number of Topliss-reactive ketones (excluding diaryl/α,β-unsaturated/α-hetero) is 1. The highest BCUT2D eigenvalue weighted by atomic mass is 16.1. The average molecular weight is 301 g/mol. The zero-order valence-corrected chi connectivity index (χ0v) is 12.9. The van der Waals surface area contributed by atoms with Gasteiger partial charge in [-0.2, -0.15) is 5.26 Å². The van der Waals surface area contributed by atoms with Gasteiger partial charge in [0, 0.05) is 22.8 Å². The Hall–Kier alpha value is -3.19. The van der Waals surface area contributed by atoms with Gasteiger partial charge in [-0.3, -0.25) is 9.78 Å². The minimum absolute atomic E-state index is 0.0271. The number of benzene rings is 2. The molecule has 0 amide bonds. The minimum atomic E-state index is 0.0271. The highest BCUT2D eigenvalue weighted by Gasteiger charge is 2.10. The molecule has 0 fully saturated rings. The topological polar surface area (TPSA) is 65.8 Å². The highest BCUT2D eigenvalue weighted by Crippen LogP contribution is 2.29. The van der Waals surface area contributed by atoms with Gasteiger partial charge in [0.1, 0.15) is 6.07 Å². The molecule has 23 heavy (non-hydrogen) atoms. The summed E-state index contributed by atoms with van der Waals surface area (Å²) in [4.78, 5) is 15.7. The van der Waals surface area contributed by atoms with Gasteiger partial charge < -0.3 is 5.32 Å². The first-order valence-corrected chi connectivity index (χ1v) is 7.26. The molecule has 0 aliphatic heterocycles. The maximum atomic E-state index is 11.4. The summed E-state index contributed by atoms with van der Waals surface area (Å²) in [6, 6.07) is 15.3. The van der Waals surface area contributed by atoms with E-state index >= 15 is 0 Å². The maximum Gasteiger partial charge on any atom is 0.159 e. The van der Waals surface area contributed by atoms with Crippen LogP contribution in [-0.2, 0) is 0 Å². The quantitative estimate of drug-likeness (QED) is 0.730. The third kappa shape index (κ3) is 2.90. The molecular formula is C19H15N3O. The second kappa shape index (κ2) is 5.90. The van der Waals surface area contributed by atoms with E-state index in [4.69, 9.17) is 0 Å². The summed E-state index contributed by atoms with van der Waals surface area (Å²) >= 11 is 0. The fraction of sp³-hybridized carbons (Fsp3) is 0.105. The summed E-state index contributed by atoms with van der Waals surface area (Å²) in [5, 5.41) is 13.6. The summed E-state index contributed by atoms with van der Waals surface area (Å²) in [6.45, 7) is 3.54. The van der Waals surface area contributed by atoms with Crippen molar-refractivity contribution in [3.05, 3.63) is 65.4 Å². The van der Waals surface area contributed by atoms with Gasteiger partial charge in [-0.05, 0) is 50.2 Å². The molecule has 2 aromatic carbocycles. The number of fused-ring (bicyclic) bond motifs is 1. The summed E-state index contributed by atoms with van der Waals surface area (Å²) in [5.74, 6) is 0.0271. The van der Waals surface area contributed by atoms with Crippen molar-refractivity contribution in [2.75, 3.05) is 5.32 Å². The number of rotatable bonds is 3. The molecular weight excluding hydrogens is 286 g/mol. The lowest BCUT2D eigenvalue weighted by Gasteiger charge is -2.12. The van der Waals surface area contributed by atoms with Crippen molar-refractivity contribution in [3.8, 4) is 6.07 Å². The Morgan fingerprint density at radius 2 is 1.91 bits per heavy atom. The Kier molecular flexibility index (Phi) is 3.78. The first kappa shape index (κ1) is 14.7. The van der Waals surface area contributed by atoms with E-state index in [0.29, 0.717) is 11.1 Å². The highest BCUT2D eigenvalue weighted by molar-refractivity contribution is 5.97. The van der Waals surface area contributed by atoms with Crippen molar-refractivity contribution in [2.45, 2.75) is 13.8 Å². The molecule has 1 heterocycles. The average Bonchev–Trinajstić information content (AvgIpc) is 2.56. The number of nitriles is 1. The fourth-order valence-corrected chi connectivity index (χ4v) is 2.46.